The molecule has 0 spiro atoms. The van der Waals surface area contributed by atoms with Crippen molar-refractivity contribution in [2.24, 2.45) is 11.8 Å². The fourth-order valence-electron chi connectivity index (χ4n) is 3.34. The summed E-state index contributed by atoms with van der Waals surface area (Å²) < 4.78 is 0. The van der Waals surface area contributed by atoms with Crippen LogP contribution in [0.3, 0.4) is 0 Å². The lowest BCUT2D eigenvalue weighted by Crippen LogP contribution is -2.36. The summed E-state index contributed by atoms with van der Waals surface area (Å²) in [6.07, 6.45) is 1.27. The van der Waals surface area contributed by atoms with Crippen molar-refractivity contribution in [1.29, 1.82) is 0 Å². The molecule has 1 heterocycles. The van der Waals surface area contributed by atoms with Crippen LogP contribution >= 0.6 is 0 Å². The van der Waals surface area contributed by atoms with Gasteiger partial charge in [0.1, 0.15) is 0 Å². The van der Waals surface area contributed by atoms with Gasteiger partial charge in [0.15, 0.2) is 5.78 Å². The molecule has 1 saturated heterocycles. The van der Waals surface area contributed by atoms with E-state index in [9.17, 15) is 14.4 Å². The fourth-order valence-corrected chi connectivity index (χ4v) is 3.34. The molecule has 0 N–H and O–H groups in total. The van der Waals surface area contributed by atoms with Crippen LogP contribution < -0.4 is 0 Å². The lowest BCUT2D eigenvalue weighted by Gasteiger charge is -2.23. The first-order valence-corrected chi connectivity index (χ1v) is 7.57. The van der Waals surface area contributed by atoms with E-state index in [0.717, 1.165) is 4.90 Å². The molecule has 0 saturated carbocycles. The van der Waals surface area contributed by atoms with Gasteiger partial charge in [-0.3, -0.25) is 19.3 Å². The molecule has 1 aliphatic carbocycles. The second-order valence-corrected chi connectivity index (χ2v) is 6.23. The molecule has 2 amide bonds. The molecule has 2 atom stereocenters. The number of imide groups is 1. The van der Waals surface area contributed by atoms with Crippen LogP contribution in [0, 0.1) is 11.8 Å². The SMILES string of the molecule is CC1=C(C)CC2C(=O)N(CC(=O)c3ccccc3)C(=O)C2C1. The summed E-state index contributed by atoms with van der Waals surface area (Å²) >= 11 is 0. The summed E-state index contributed by atoms with van der Waals surface area (Å²) in [6, 6.07) is 8.79. The number of likely N-dealkylation sites (tertiary alicyclic amines) is 1. The molecule has 1 aromatic carbocycles. The molecule has 4 heteroatoms. The van der Waals surface area contributed by atoms with Crippen molar-refractivity contribution in [2.45, 2.75) is 26.7 Å². The molecule has 0 bridgehead atoms. The standard InChI is InChI=1S/C18H19NO3/c1-11-8-14-15(9-12(11)2)18(22)19(17(14)21)10-16(20)13-6-4-3-5-7-13/h3-7,14-15H,8-10H2,1-2H3. The van der Waals surface area contributed by atoms with Crippen molar-refractivity contribution in [3.05, 3.63) is 47.0 Å². The summed E-state index contributed by atoms with van der Waals surface area (Å²) in [5.74, 6) is -1.13. The number of allylic oxidation sites excluding steroid dienone is 2. The van der Waals surface area contributed by atoms with Gasteiger partial charge in [0.2, 0.25) is 11.8 Å². The van der Waals surface area contributed by atoms with Crippen molar-refractivity contribution >= 4 is 17.6 Å². The lowest BCUT2D eigenvalue weighted by atomic mass is 9.78. The molecule has 22 heavy (non-hydrogen) atoms. The maximum absolute atomic E-state index is 12.5. The zero-order valence-corrected chi connectivity index (χ0v) is 12.8. The maximum Gasteiger partial charge on any atom is 0.233 e. The van der Waals surface area contributed by atoms with E-state index in [4.69, 9.17) is 0 Å². The summed E-state index contributed by atoms with van der Waals surface area (Å²) in [7, 11) is 0. The summed E-state index contributed by atoms with van der Waals surface area (Å²) in [4.78, 5) is 38.4. The van der Waals surface area contributed by atoms with Gasteiger partial charge in [-0.2, -0.15) is 0 Å². The normalized spacial score (nSPS) is 24.7. The molecule has 0 radical (unpaired) electrons. The van der Waals surface area contributed by atoms with E-state index in [2.05, 4.69) is 0 Å². The number of fused-ring (bicyclic) bond motifs is 1. The van der Waals surface area contributed by atoms with Crippen molar-refractivity contribution in [2.75, 3.05) is 6.54 Å². The van der Waals surface area contributed by atoms with Crippen LogP contribution in [-0.2, 0) is 9.59 Å². The van der Waals surface area contributed by atoms with Gasteiger partial charge in [0.25, 0.3) is 0 Å². The first-order valence-electron chi connectivity index (χ1n) is 7.57. The molecule has 1 aromatic rings. The highest BCUT2D eigenvalue weighted by Crippen LogP contribution is 2.40. The number of hydrogen-bond donors (Lipinski definition) is 0. The van der Waals surface area contributed by atoms with Crippen molar-refractivity contribution < 1.29 is 14.4 Å². The molecule has 1 fully saturated rings. The summed E-state index contributed by atoms with van der Waals surface area (Å²) in [5, 5.41) is 0. The average Bonchev–Trinajstić information content (AvgIpc) is 2.74. The number of nitrogens with zero attached hydrogens (tertiary/aromatic N) is 1. The molecule has 1 aliphatic heterocycles. The largest absolute Gasteiger partial charge is 0.292 e. The fraction of sp³-hybridized carbons (Fsp3) is 0.389. The Kier molecular flexibility index (Phi) is 3.69. The van der Waals surface area contributed by atoms with Gasteiger partial charge in [0.05, 0.1) is 18.4 Å². The minimum Gasteiger partial charge on any atom is -0.292 e. The number of amides is 2. The van der Waals surface area contributed by atoms with E-state index in [1.165, 1.54) is 11.1 Å². The zero-order valence-electron chi connectivity index (χ0n) is 12.8. The second kappa shape index (κ2) is 5.52. The third-order valence-electron chi connectivity index (χ3n) is 4.83. The van der Waals surface area contributed by atoms with Crippen LogP contribution in [0.2, 0.25) is 0 Å². The Morgan fingerprint density at radius 3 is 2.00 bits per heavy atom. The Morgan fingerprint density at radius 1 is 1.00 bits per heavy atom. The predicted octanol–water partition coefficient (Wildman–Crippen LogP) is 2.60. The zero-order chi connectivity index (χ0) is 15.9. The van der Waals surface area contributed by atoms with Crippen molar-refractivity contribution in [3.63, 3.8) is 0 Å². The third-order valence-corrected chi connectivity index (χ3v) is 4.83. The van der Waals surface area contributed by atoms with Crippen molar-refractivity contribution in [1.82, 2.24) is 4.90 Å². The molecule has 2 unspecified atom stereocenters. The Labute approximate surface area is 129 Å². The number of ketones is 1. The van der Waals surface area contributed by atoms with Gasteiger partial charge in [-0.25, -0.2) is 0 Å². The monoisotopic (exact) mass is 297 g/mol. The molecular formula is C18H19NO3. The van der Waals surface area contributed by atoms with E-state index in [1.807, 2.05) is 19.9 Å². The Bertz CT molecular complexity index is 643. The summed E-state index contributed by atoms with van der Waals surface area (Å²) in [6.45, 7) is 3.88. The number of carbonyl (C=O) groups excluding carboxylic acids is 3. The highest BCUT2D eigenvalue weighted by Gasteiger charge is 2.49. The smallest absolute Gasteiger partial charge is 0.233 e. The van der Waals surface area contributed by atoms with Crippen LogP contribution in [0.25, 0.3) is 0 Å². The minimum atomic E-state index is -0.278. The number of carbonyl (C=O) groups is 3. The minimum absolute atomic E-state index is 0.146. The Hall–Kier alpha value is -2.23. The van der Waals surface area contributed by atoms with Gasteiger partial charge in [-0.05, 0) is 26.7 Å². The molecule has 114 valence electrons. The molecule has 2 aliphatic rings. The van der Waals surface area contributed by atoms with E-state index < -0.39 is 0 Å². The van der Waals surface area contributed by atoms with E-state index in [1.54, 1.807) is 24.3 Å². The molecule has 3 rings (SSSR count). The van der Waals surface area contributed by atoms with Crippen LogP contribution in [0.15, 0.2) is 41.5 Å². The molecule has 4 nitrogen and oxygen atoms in total. The third kappa shape index (κ3) is 2.39. The number of Topliss-reactive ketones (excluding diaryl/α,β-unsaturated/α-hetero) is 1. The van der Waals surface area contributed by atoms with Crippen molar-refractivity contribution in [3.8, 4) is 0 Å². The van der Waals surface area contributed by atoms with Crippen LogP contribution in [0.5, 0.6) is 0 Å². The maximum atomic E-state index is 12.5. The van der Waals surface area contributed by atoms with Gasteiger partial charge >= 0.3 is 0 Å². The van der Waals surface area contributed by atoms with Crippen LogP contribution in [-0.4, -0.2) is 29.0 Å². The number of rotatable bonds is 3. The van der Waals surface area contributed by atoms with E-state index in [-0.39, 0.29) is 36.0 Å². The second-order valence-electron chi connectivity index (χ2n) is 6.23. The number of hydrogen-bond acceptors (Lipinski definition) is 3. The molecule has 0 aromatic heterocycles. The van der Waals surface area contributed by atoms with Gasteiger partial charge in [-0.15, -0.1) is 0 Å². The predicted molar refractivity (Wildman–Crippen MR) is 82.1 cm³/mol. The lowest BCUT2D eigenvalue weighted by molar-refractivity contribution is -0.139. The van der Waals surface area contributed by atoms with E-state index >= 15 is 0 Å². The van der Waals surface area contributed by atoms with Gasteiger partial charge in [-0.1, -0.05) is 41.5 Å². The Morgan fingerprint density at radius 2 is 1.50 bits per heavy atom. The Balaban J connectivity index is 1.78. The van der Waals surface area contributed by atoms with Crippen LogP contribution in [0.1, 0.15) is 37.0 Å². The number of benzene rings is 1. The highest BCUT2D eigenvalue weighted by molar-refractivity contribution is 6.10. The first-order chi connectivity index (χ1) is 10.5. The first kappa shape index (κ1) is 14.7. The quantitative estimate of drug-likeness (QED) is 0.489. The summed E-state index contributed by atoms with van der Waals surface area (Å²) in [5.41, 5.74) is 2.92. The van der Waals surface area contributed by atoms with Crippen LogP contribution in [0.4, 0.5) is 0 Å². The molecular weight excluding hydrogens is 278 g/mol. The topological polar surface area (TPSA) is 54.5 Å². The van der Waals surface area contributed by atoms with Gasteiger partial charge < -0.3 is 0 Å². The van der Waals surface area contributed by atoms with E-state index in [0.29, 0.717) is 18.4 Å². The van der Waals surface area contributed by atoms with Gasteiger partial charge in [0, 0.05) is 5.56 Å². The highest BCUT2D eigenvalue weighted by atomic mass is 16.2. The average molecular weight is 297 g/mol.